The summed E-state index contributed by atoms with van der Waals surface area (Å²) in [7, 11) is 0. The van der Waals surface area contributed by atoms with E-state index < -0.39 is 0 Å². The fourth-order valence-corrected chi connectivity index (χ4v) is 1.97. The number of amides is 1. The van der Waals surface area contributed by atoms with Crippen LogP contribution < -0.4 is 10.6 Å². The molecule has 0 unspecified atom stereocenters. The maximum absolute atomic E-state index is 11.9. The summed E-state index contributed by atoms with van der Waals surface area (Å²) in [4.78, 5) is 20.1. The Morgan fingerprint density at radius 3 is 2.71 bits per heavy atom. The van der Waals surface area contributed by atoms with Crippen LogP contribution in [0, 0.1) is 13.8 Å². The van der Waals surface area contributed by atoms with Gasteiger partial charge in [-0.05, 0) is 31.9 Å². The molecule has 21 heavy (non-hydrogen) atoms. The van der Waals surface area contributed by atoms with Crippen LogP contribution in [0.4, 0.5) is 11.5 Å². The molecular formula is C16H20N4O. The van der Waals surface area contributed by atoms with E-state index in [1.54, 1.807) is 6.07 Å². The minimum absolute atomic E-state index is 0.178. The quantitative estimate of drug-likeness (QED) is 0.885. The highest BCUT2D eigenvalue weighted by Crippen LogP contribution is 2.20. The standard InChI is InChI=1S/C16H20N4O/c1-4-7-17-16(21)14-9-15(19-10-18-14)20-13-6-5-11(2)8-12(13)3/h5-6,8-10H,4,7H2,1-3H3,(H,17,21)(H,18,19,20). The molecule has 1 aromatic heterocycles. The van der Waals surface area contributed by atoms with Crippen LogP contribution in [-0.4, -0.2) is 22.4 Å². The fourth-order valence-electron chi connectivity index (χ4n) is 1.97. The Labute approximate surface area is 124 Å². The van der Waals surface area contributed by atoms with E-state index >= 15 is 0 Å². The van der Waals surface area contributed by atoms with Crippen molar-refractivity contribution in [2.45, 2.75) is 27.2 Å². The van der Waals surface area contributed by atoms with E-state index in [1.165, 1.54) is 11.9 Å². The molecule has 5 nitrogen and oxygen atoms in total. The minimum Gasteiger partial charge on any atom is -0.351 e. The number of nitrogens with one attached hydrogen (secondary N) is 2. The first-order valence-corrected chi connectivity index (χ1v) is 7.04. The normalized spacial score (nSPS) is 10.2. The van der Waals surface area contributed by atoms with Gasteiger partial charge in [-0.1, -0.05) is 24.6 Å². The highest BCUT2D eigenvalue weighted by atomic mass is 16.1. The Morgan fingerprint density at radius 1 is 1.19 bits per heavy atom. The van der Waals surface area contributed by atoms with Crippen molar-refractivity contribution in [3.05, 3.63) is 47.4 Å². The van der Waals surface area contributed by atoms with Crippen LogP contribution in [0.1, 0.15) is 35.0 Å². The Balaban J connectivity index is 2.15. The van der Waals surface area contributed by atoms with Crippen LogP contribution in [0.5, 0.6) is 0 Å². The summed E-state index contributed by atoms with van der Waals surface area (Å²) in [5.74, 6) is 0.432. The number of aromatic nitrogens is 2. The van der Waals surface area contributed by atoms with Crippen LogP contribution in [0.2, 0.25) is 0 Å². The van der Waals surface area contributed by atoms with Crippen molar-refractivity contribution in [3.63, 3.8) is 0 Å². The molecule has 5 heteroatoms. The molecule has 2 rings (SSSR count). The second kappa shape index (κ2) is 6.83. The van der Waals surface area contributed by atoms with E-state index in [0.717, 1.165) is 17.7 Å². The number of rotatable bonds is 5. The summed E-state index contributed by atoms with van der Waals surface area (Å²) in [5, 5.41) is 6.02. The average Bonchev–Trinajstić information content (AvgIpc) is 2.48. The van der Waals surface area contributed by atoms with Crippen molar-refractivity contribution < 1.29 is 4.79 Å². The van der Waals surface area contributed by atoms with Crippen molar-refractivity contribution in [2.24, 2.45) is 0 Å². The van der Waals surface area contributed by atoms with Crippen molar-refractivity contribution in [1.82, 2.24) is 15.3 Å². The maximum atomic E-state index is 11.9. The van der Waals surface area contributed by atoms with Crippen LogP contribution in [0.15, 0.2) is 30.6 Å². The van der Waals surface area contributed by atoms with Crippen LogP contribution >= 0.6 is 0 Å². The maximum Gasteiger partial charge on any atom is 0.270 e. The third kappa shape index (κ3) is 4.02. The number of nitrogens with zero attached hydrogens (tertiary/aromatic N) is 2. The van der Waals surface area contributed by atoms with Gasteiger partial charge in [-0.2, -0.15) is 0 Å². The van der Waals surface area contributed by atoms with Gasteiger partial charge in [-0.3, -0.25) is 4.79 Å². The lowest BCUT2D eigenvalue weighted by atomic mass is 10.1. The average molecular weight is 284 g/mol. The van der Waals surface area contributed by atoms with E-state index in [0.29, 0.717) is 18.1 Å². The van der Waals surface area contributed by atoms with Gasteiger partial charge in [0.2, 0.25) is 0 Å². The van der Waals surface area contributed by atoms with E-state index in [4.69, 9.17) is 0 Å². The molecule has 0 radical (unpaired) electrons. The smallest absolute Gasteiger partial charge is 0.270 e. The number of anilines is 2. The molecule has 110 valence electrons. The largest absolute Gasteiger partial charge is 0.351 e. The van der Waals surface area contributed by atoms with Gasteiger partial charge >= 0.3 is 0 Å². The number of hydrogen-bond donors (Lipinski definition) is 2. The first-order valence-electron chi connectivity index (χ1n) is 7.04. The summed E-state index contributed by atoms with van der Waals surface area (Å²) in [6.07, 6.45) is 2.29. The minimum atomic E-state index is -0.178. The first kappa shape index (κ1) is 15.0. The summed E-state index contributed by atoms with van der Waals surface area (Å²) in [5.41, 5.74) is 3.68. The lowest BCUT2D eigenvalue weighted by molar-refractivity contribution is 0.0948. The molecule has 0 aliphatic rings. The van der Waals surface area contributed by atoms with E-state index in [9.17, 15) is 4.79 Å². The third-order valence-corrected chi connectivity index (χ3v) is 3.08. The molecule has 0 bridgehead atoms. The first-order chi connectivity index (χ1) is 10.1. The summed E-state index contributed by atoms with van der Waals surface area (Å²) in [6, 6.07) is 7.79. The molecule has 1 heterocycles. The Kier molecular flexibility index (Phi) is 4.87. The van der Waals surface area contributed by atoms with Gasteiger partial charge in [-0.25, -0.2) is 9.97 Å². The molecule has 0 atom stereocenters. The third-order valence-electron chi connectivity index (χ3n) is 3.08. The second-order valence-corrected chi connectivity index (χ2v) is 4.99. The van der Waals surface area contributed by atoms with Gasteiger partial charge in [-0.15, -0.1) is 0 Å². The number of carbonyl (C=O) groups excluding carboxylic acids is 1. The summed E-state index contributed by atoms with van der Waals surface area (Å²) < 4.78 is 0. The van der Waals surface area contributed by atoms with Crippen molar-refractivity contribution in [3.8, 4) is 0 Å². The Hall–Kier alpha value is -2.43. The van der Waals surface area contributed by atoms with E-state index in [-0.39, 0.29) is 5.91 Å². The second-order valence-electron chi connectivity index (χ2n) is 4.99. The number of aryl methyl sites for hydroxylation is 2. The van der Waals surface area contributed by atoms with Crippen molar-refractivity contribution >= 4 is 17.4 Å². The molecule has 0 aliphatic heterocycles. The molecular weight excluding hydrogens is 264 g/mol. The zero-order valence-corrected chi connectivity index (χ0v) is 12.6. The van der Waals surface area contributed by atoms with Crippen LogP contribution in [0.25, 0.3) is 0 Å². The predicted octanol–water partition coefficient (Wildman–Crippen LogP) is 2.98. The van der Waals surface area contributed by atoms with Gasteiger partial charge in [0.15, 0.2) is 0 Å². The fraction of sp³-hybridized carbons (Fsp3) is 0.312. The predicted molar refractivity (Wildman–Crippen MR) is 83.9 cm³/mol. The lowest BCUT2D eigenvalue weighted by Gasteiger charge is -2.10. The molecule has 0 aliphatic carbocycles. The van der Waals surface area contributed by atoms with Crippen LogP contribution in [-0.2, 0) is 0 Å². The molecule has 0 saturated carbocycles. The summed E-state index contributed by atoms with van der Waals surface area (Å²) in [6.45, 7) is 6.74. The molecule has 2 aromatic rings. The molecule has 0 spiro atoms. The monoisotopic (exact) mass is 284 g/mol. The van der Waals surface area contributed by atoms with Crippen molar-refractivity contribution in [2.75, 3.05) is 11.9 Å². The molecule has 2 N–H and O–H groups in total. The number of hydrogen-bond acceptors (Lipinski definition) is 4. The van der Waals surface area contributed by atoms with Gasteiger partial charge in [0.1, 0.15) is 17.8 Å². The number of carbonyl (C=O) groups is 1. The topological polar surface area (TPSA) is 66.9 Å². The molecule has 0 saturated heterocycles. The Morgan fingerprint density at radius 2 is 2.00 bits per heavy atom. The van der Waals surface area contributed by atoms with E-state index in [2.05, 4.69) is 33.6 Å². The van der Waals surface area contributed by atoms with Gasteiger partial charge in [0.25, 0.3) is 5.91 Å². The molecule has 1 amide bonds. The highest BCUT2D eigenvalue weighted by molar-refractivity contribution is 5.92. The van der Waals surface area contributed by atoms with Gasteiger partial charge in [0.05, 0.1) is 0 Å². The number of benzene rings is 1. The van der Waals surface area contributed by atoms with Gasteiger partial charge in [0, 0.05) is 18.3 Å². The zero-order valence-electron chi connectivity index (χ0n) is 12.6. The SMILES string of the molecule is CCCNC(=O)c1cc(Nc2ccc(C)cc2C)ncn1. The van der Waals surface area contributed by atoms with Crippen molar-refractivity contribution in [1.29, 1.82) is 0 Å². The zero-order chi connectivity index (χ0) is 15.2. The van der Waals surface area contributed by atoms with Gasteiger partial charge < -0.3 is 10.6 Å². The molecule has 1 aromatic carbocycles. The Bertz CT molecular complexity index is 640. The highest BCUT2D eigenvalue weighted by Gasteiger charge is 2.08. The lowest BCUT2D eigenvalue weighted by Crippen LogP contribution is -2.25. The van der Waals surface area contributed by atoms with E-state index in [1.807, 2.05) is 26.0 Å². The molecule has 0 fully saturated rings. The van der Waals surface area contributed by atoms with Crippen LogP contribution in [0.3, 0.4) is 0 Å². The summed E-state index contributed by atoms with van der Waals surface area (Å²) >= 11 is 0.